The highest BCUT2D eigenvalue weighted by molar-refractivity contribution is 5.83. The Bertz CT molecular complexity index is 1060. The van der Waals surface area contributed by atoms with Gasteiger partial charge >= 0.3 is 6.18 Å². The smallest absolute Gasteiger partial charge is 0.361 e. The van der Waals surface area contributed by atoms with Crippen molar-refractivity contribution < 1.29 is 18.1 Å². The molecule has 0 saturated heterocycles. The largest absolute Gasteiger partial charge is 0.410 e. The van der Waals surface area contributed by atoms with Gasteiger partial charge in [0, 0.05) is 22.7 Å². The fourth-order valence-corrected chi connectivity index (χ4v) is 3.93. The highest BCUT2D eigenvalue weighted by Crippen LogP contribution is 2.47. The average molecular weight is 386 g/mol. The summed E-state index contributed by atoms with van der Waals surface area (Å²) in [5, 5.41) is 12.8. The molecule has 0 radical (unpaired) electrons. The van der Waals surface area contributed by atoms with Crippen molar-refractivity contribution in [3.63, 3.8) is 0 Å². The molecule has 0 amide bonds. The van der Waals surface area contributed by atoms with Gasteiger partial charge in [0.1, 0.15) is 0 Å². The third-order valence-corrected chi connectivity index (χ3v) is 5.37. The molecule has 0 fully saturated rings. The summed E-state index contributed by atoms with van der Waals surface area (Å²) in [5.74, 6) is 0. The van der Waals surface area contributed by atoms with Gasteiger partial charge in [-0.25, -0.2) is 0 Å². The van der Waals surface area contributed by atoms with E-state index in [9.17, 15) is 23.3 Å². The van der Waals surface area contributed by atoms with Gasteiger partial charge in [0.25, 0.3) is 0 Å². The Morgan fingerprint density at radius 3 is 2.39 bits per heavy atom. The number of nitrogens with one attached hydrogen (secondary N) is 1. The summed E-state index contributed by atoms with van der Waals surface area (Å²) in [6.07, 6.45) is -0.0982. The lowest BCUT2D eigenvalue weighted by Gasteiger charge is -2.32. The summed E-state index contributed by atoms with van der Waals surface area (Å²) in [6.45, 7) is -1.28. The fourth-order valence-electron chi connectivity index (χ4n) is 3.93. The molecular formula is C21H17F3N2O2. The predicted octanol–water partition coefficient (Wildman–Crippen LogP) is 4.95. The molecule has 4 rings (SSSR count). The number of fused-ring (bicyclic) bond motifs is 2. The van der Waals surface area contributed by atoms with Crippen molar-refractivity contribution in [2.24, 2.45) is 0 Å². The zero-order valence-corrected chi connectivity index (χ0v) is 14.8. The Labute approximate surface area is 158 Å². The van der Waals surface area contributed by atoms with Crippen LogP contribution >= 0.6 is 0 Å². The van der Waals surface area contributed by atoms with Crippen LogP contribution in [0.2, 0.25) is 0 Å². The molecule has 1 aliphatic rings. The third-order valence-electron chi connectivity index (χ3n) is 5.37. The highest BCUT2D eigenvalue weighted by Gasteiger charge is 2.62. The summed E-state index contributed by atoms with van der Waals surface area (Å²) < 4.78 is 43.6. The first-order valence-corrected chi connectivity index (χ1v) is 8.85. The van der Waals surface area contributed by atoms with Crippen molar-refractivity contribution in [3.8, 4) is 0 Å². The van der Waals surface area contributed by atoms with Gasteiger partial charge in [-0.05, 0) is 40.5 Å². The fraction of sp³-hybridized carbons (Fsp3) is 0.238. The molecular weight excluding hydrogens is 369 g/mol. The number of halogens is 3. The number of H-pyrrole nitrogens is 1. The molecule has 2 aromatic carbocycles. The van der Waals surface area contributed by atoms with Crippen LogP contribution in [0.5, 0.6) is 0 Å². The second kappa shape index (κ2) is 6.51. The SMILES string of the molecule is O=[N+]([O-])CC(c1ccc2ccccc2c1)(c1cc2c([nH]1)CC=CC2)C(F)(F)F. The Morgan fingerprint density at radius 2 is 1.71 bits per heavy atom. The molecule has 7 heteroatoms. The molecule has 0 bridgehead atoms. The van der Waals surface area contributed by atoms with Crippen LogP contribution in [0, 0.1) is 10.1 Å². The monoisotopic (exact) mass is 386 g/mol. The number of hydrogen-bond donors (Lipinski definition) is 1. The van der Waals surface area contributed by atoms with Crippen LogP contribution < -0.4 is 0 Å². The van der Waals surface area contributed by atoms with Crippen LogP contribution in [-0.4, -0.2) is 22.6 Å². The van der Waals surface area contributed by atoms with Crippen molar-refractivity contribution in [2.75, 3.05) is 6.54 Å². The first-order chi connectivity index (χ1) is 13.3. The van der Waals surface area contributed by atoms with E-state index < -0.39 is 23.1 Å². The van der Waals surface area contributed by atoms with E-state index in [4.69, 9.17) is 0 Å². The number of benzene rings is 2. The third kappa shape index (κ3) is 2.87. The first kappa shape index (κ1) is 18.3. The first-order valence-electron chi connectivity index (χ1n) is 8.85. The van der Waals surface area contributed by atoms with E-state index in [-0.39, 0.29) is 11.3 Å². The summed E-state index contributed by atoms with van der Waals surface area (Å²) in [4.78, 5) is 13.4. The topological polar surface area (TPSA) is 58.9 Å². The summed E-state index contributed by atoms with van der Waals surface area (Å²) in [5.41, 5.74) is -1.65. The van der Waals surface area contributed by atoms with Crippen LogP contribution in [0.15, 0.2) is 60.7 Å². The Morgan fingerprint density at radius 1 is 1.00 bits per heavy atom. The molecule has 3 aromatic rings. The van der Waals surface area contributed by atoms with Crippen LogP contribution in [0.25, 0.3) is 10.8 Å². The van der Waals surface area contributed by atoms with Gasteiger partial charge in [0.2, 0.25) is 6.54 Å². The predicted molar refractivity (Wildman–Crippen MR) is 100.0 cm³/mol. The minimum atomic E-state index is -4.86. The molecule has 1 heterocycles. The van der Waals surface area contributed by atoms with E-state index in [1.807, 2.05) is 12.2 Å². The molecule has 1 N–H and O–H groups in total. The number of rotatable bonds is 4. The van der Waals surface area contributed by atoms with Gasteiger partial charge in [-0.15, -0.1) is 0 Å². The second-order valence-electron chi connectivity index (χ2n) is 7.02. The van der Waals surface area contributed by atoms with E-state index in [1.54, 1.807) is 30.3 Å². The number of alkyl halides is 3. The molecule has 144 valence electrons. The molecule has 0 aliphatic heterocycles. The van der Waals surface area contributed by atoms with Crippen LogP contribution in [0.3, 0.4) is 0 Å². The van der Waals surface area contributed by atoms with Gasteiger partial charge < -0.3 is 4.98 Å². The minimum absolute atomic E-state index is 0.137. The lowest BCUT2D eigenvalue weighted by molar-refractivity contribution is -0.498. The maximum absolute atomic E-state index is 14.5. The second-order valence-corrected chi connectivity index (χ2v) is 7.02. The molecule has 1 aliphatic carbocycles. The van der Waals surface area contributed by atoms with Crippen molar-refractivity contribution in [2.45, 2.75) is 24.4 Å². The number of hydrogen-bond acceptors (Lipinski definition) is 2. The van der Waals surface area contributed by atoms with Crippen molar-refractivity contribution >= 4 is 10.8 Å². The van der Waals surface area contributed by atoms with Crippen LogP contribution in [-0.2, 0) is 18.3 Å². The molecule has 1 unspecified atom stereocenters. The minimum Gasteiger partial charge on any atom is -0.361 e. The van der Waals surface area contributed by atoms with E-state index in [1.165, 1.54) is 18.2 Å². The zero-order valence-electron chi connectivity index (χ0n) is 14.8. The van der Waals surface area contributed by atoms with E-state index in [0.29, 0.717) is 23.9 Å². The summed E-state index contributed by atoms with van der Waals surface area (Å²) in [6, 6.07) is 12.8. The van der Waals surface area contributed by atoms with Crippen LogP contribution in [0.1, 0.15) is 22.5 Å². The Balaban J connectivity index is 1.99. The van der Waals surface area contributed by atoms with Crippen molar-refractivity contribution in [1.82, 2.24) is 4.98 Å². The van der Waals surface area contributed by atoms with Gasteiger partial charge in [-0.2, -0.15) is 13.2 Å². The number of nitrogens with zero attached hydrogens (tertiary/aromatic N) is 1. The van der Waals surface area contributed by atoms with Gasteiger partial charge in [0.15, 0.2) is 5.41 Å². The van der Waals surface area contributed by atoms with Crippen LogP contribution in [0.4, 0.5) is 13.2 Å². The normalized spacial score (nSPS) is 16.0. The Kier molecular flexibility index (Phi) is 4.25. The van der Waals surface area contributed by atoms with E-state index in [0.717, 1.165) is 10.9 Å². The zero-order chi connectivity index (χ0) is 19.9. The lowest BCUT2D eigenvalue weighted by Crippen LogP contribution is -2.49. The number of allylic oxidation sites excluding steroid dienone is 2. The summed E-state index contributed by atoms with van der Waals surface area (Å²) >= 11 is 0. The molecule has 0 spiro atoms. The van der Waals surface area contributed by atoms with E-state index >= 15 is 0 Å². The van der Waals surface area contributed by atoms with Crippen molar-refractivity contribution in [1.29, 1.82) is 0 Å². The molecule has 0 saturated carbocycles. The highest BCUT2D eigenvalue weighted by atomic mass is 19.4. The van der Waals surface area contributed by atoms with Gasteiger partial charge in [0.05, 0.1) is 0 Å². The number of nitro groups is 1. The quantitative estimate of drug-likeness (QED) is 0.392. The lowest BCUT2D eigenvalue weighted by atomic mass is 9.76. The number of aromatic nitrogens is 1. The molecule has 28 heavy (non-hydrogen) atoms. The van der Waals surface area contributed by atoms with Gasteiger partial charge in [-0.3, -0.25) is 10.1 Å². The van der Waals surface area contributed by atoms with Gasteiger partial charge in [-0.1, -0.05) is 48.6 Å². The average Bonchev–Trinajstić information content (AvgIpc) is 3.09. The number of aromatic amines is 1. The maximum Gasteiger partial charge on any atom is 0.410 e. The molecule has 4 nitrogen and oxygen atoms in total. The molecule has 1 aromatic heterocycles. The molecule has 1 atom stereocenters. The summed E-state index contributed by atoms with van der Waals surface area (Å²) in [7, 11) is 0. The Hall–Kier alpha value is -3.09. The standard InChI is InChI=1S/C21H17F3N2O2/c22-21(23,24)20(13-26(27)28,19-12-16-7-3-4-8-18(16)25-19)17-10-9-14-5-1-2-6-15(14)11-17/h1-6,9-12,25H,7-8,13H2. The van der Waals surface area contributed by atoms with Crippen molar-refractivity contribution in [3.05, 3.63) is 93.3 Å². The maximum atomic E-state index is 14.5. The van der Waals surface area contributed by atoms with E-state index in [2.05, 4.69) is 4.98 Å².